The SMILES string of the molecule is CCOc1ccc(NCC(=O)Nc2ccc(F)cc2)cc1. The second kappa shape index (κ2) is 7.28. The molecule has 2 aromatic rings. The molecule has 0 radical (unpaired) electrons. The van der Waals surface area contributed by atoms with Crippen LogP contribution in [0.3, 0.4) is 0 Å². The number of carbonyl (C=O) groups is 1. The Morgan fingerprint density at radius 2 is 1.67 bits per heavy atom. The molecular formula is C16H17FN2O2. The smallest absolute Gasteiger partial charge is 0.243 e. The van der Waals surface area contributed by atoms with E-state index < -0.39 is 0 Å². The monoisotopic (exact) mass is 288 g/mol. The van der Waals surface area contributed by atoms with E-state index in [0.29, 0.717) is 12.3 Å². The van der Waals surface area contributed by atoms with Crippen molar-refractivity contribution >= 4 is 17.3 Å². The molecule has 0 fully saturated rings. The minimum absolute atomic E-state index is 0.130. The van der Waals surface area contributed by atoms with Gasteiger partial charge in [0.1, 0.15) is 11.6 Å². The Labute approximate surface area is 122 Å². The summed E-state index contributed by atoms with van der Waals surface area (Å²) in [5.74, 6) is 0.259. The van der Waals surface area contributed by atoms with E-state index in [9.17, 15) is 9.18 Å². The second-order valence-electron chi connectivity index (χ2n) is 4.37. The van der Waals surface area contributed by atoms with Crippen molar-refractivity contribution in [1.29, 1.82) is 0 Å². The Bertz CT molecular complexity index is 582. The maximum Gasteiger partial charge on any atom is 0.243 e. The molecule has 4 nitrogen and oxygen atoms in total. The molecule has 0 saturated heterocycles. The lowest BCUT2D eigenvalue weighted by Crippen LogP contribution is -2.21. The molecule has 0 spiro atoms. The molecule has 2 aromatic carbocycles. The number of rotatable bonds is 6. The predicted octanol–water partition coefficient (Wildman–Crippen LogP) is 3.28. The van der Waals surface area contributed by atoms with Crippen LogP contribution in [-0.2, 0) is 4.79 Å². The summed E-state index contributed by atoms with van der Waals surface area (Å²) in [6.07, 6.45) is 0. The van der Waals surface area contributed by atoms with Crippen molar-refractivity contribution in [1.82, 2.24) is 0 Å². The number of anilines is 2. The first kappa shape index (κ1) is 14.8. The summed E-state index contributed by atoms with van der Waals surface area (Å²) in [6, 6.07) is 13.0. The molecule has 2 rings (SSSR count). The van der Waals surface area contributed by atoms with Crippen LogP contribution in [0.2, 0.25) is 0 Å². The Balaban J connectivity index is 1.81. The van der Waals surface area contributed by atoms with Gasteiger partial charge in [0.05, 0.1) is 13.2 Å². The van der Waals surface area contributed by atoms with E-state index in [1.807, 2.05) is 31.2 Å². The van der Waals surface area contributed by atoms with Gasteiger partial charge in [0, 0.05) is 11.4 Å². The zero-order valence-electron chi connectivity index (χ0n) is 11.7. The van der Waals surface area contributed by atoms with Crippen LogP contribution in [0, 0.1) is 5.82 Å². The third-order valence-corrected chi connectivity index (χ3v) is 2.75. The third-order valence-electron chi connectivity index (χ3n) is 2.75. The van der Waals surface area contributed by atoms with Crippen molar-refractivity contribution in [2.24, 2.45) is 0 Å². The fourth-order valence-electron chi connectivity index (χ4n) is 1.76. The first-order chi connectivity index (χ1) is 10.2. The number of amides is 1. The van der Waals surface area contributed by atoms with Gasteiger partial charge in [0.25, 0.3) is 0 Å². The molecular weight excluding hydrogens is 271 g/mol. The number of ether oxygens (including phenoxy) is 1. The predicted molar refractivity (Wildman–Crippen MR) is 81.1 cm³/mol. The summed E-state index contributed by atoms with van der Waals surface area (Å²) >= 11 is 0. The molecule has 1 amide bonds. The molecule has 5 heteroatoms. The summed E-state index contributed by atoms with van der Waals surface area (Å²) in [4.78, 5) is 11.7. The largest absolute Gasteiger partial charge is 0.494 e. The van der Waals surface area contributed by atoms with Crippen molar-refractivity contribution in [2.75, 3.05) is 23.8 Å². The van der Waals surface area contributed by atoms with Gasteiger partial charge < -0.3 is 15.4 Å². The number of hydrogen-bond donors (Lipinski definition) is 2. The van der Waals surface area contributed by atoms with E-state index >= 15 is 0 Å². The molecule has 0 heterocycles. The lowest BCUT2D eigenvalue weighted by molar-refractivity contribution is -0.114. The van der Waals surface area contributed by atoms with Gasteiger partial charge in [-0.1, -0.05) is 0 Å². The molecule has 2 N–H and O–H groups in total. The van der Waals surface area contributed by atoms with Gasteiger partial charge in [0.2, 0.25) is 5.91 Å². The van der Waals surface area contributed by atoms with Crippen LogP contribution < -0.4 is 15.4 Å². The average molecular weight is 288 g/mol. The maximum atomic E-state index is 12.7. The number of nitrogens with one attached hydrogen (secondary N) is 2. The molecule has 0 saturated carbocycles. The van der Waals surface area contributed by atoms with E-state index in [-0.39, 0.29) is 18.3 Å². The highest BCUT2D eigenvalue weighted by Gasteiger charge is 2.02. The zero-order chi connectivity index (χ0) is 15.1. The lowest BCUT2D eigenvalue weighted by Gasteiger charge is -2.09. The summed E-state index contributed by atoms with van der Waals surface area (Å²) in [5, 5.41) is 5.68. The van der Waals surface area contributed by atoms with Crippen LogP contribution in [0.1, 0.15) is 6.92 Å². The van der Waals surface area contributed by atoms with Gasteiger partial charge in [-0.25, -0.2) is 4.39 Å². The number of halogens is 1. The van der Waals surface area contributed by atoms with Crippen LogP contribution in [0.15, 0.2) is 48.5 Å². The molecule has 0 aliphatic carbocycles. The molecule has 0 aliphatic rings. The molecule has 0 unspecified atom stereocenters. The number of hydrogen-bond acceptors (Lipinski definition) is 3. The van der Waals surface area contributed by atoms with Gasteiger partial charge in [0.15, 0.2) is 0 Å². The molecule has 0 aromatic heterocycles. The van der Waals surface area contributed by atoms with Crippen molar-refractivity contribution in [3.8, 4) is 5.75 Å². The molecule has 110 valence electrons. The van der Waals surface area contributed by atoms with E-state index in [2.05, 4.69) is 10.6 Å². The normalized spacial score (nSPS) is 10.0. The van der Waals surface area contributed by atoms with Crippen LogP contribution in [0.5, 0.6) is 5.75 Å². The van der Waals surface area contributed by atoms with Gasteiger partial charge in [-0.3, -0.25) is 4.79 Å². The topological polar surface area (TPSA) is 50.4 Å². The van der Waals surface area contributed by atoms with Gasteiger partial charge in [-0.2, -0.15) is 0 Å². The highest BCUT2D eigenvalue weighted by Crippen LogP contribution is 2.15. The first-order valence-electron chi connectivity index (χ1n) is 6.69. The highest BCUT2D eigenvalue weighted by molar-refractivity contribution is 5.93. The first-order valence-corrected chi connectivity index (χ1v) is 6.69. The number of benzene rings is 2. The third kappa shape index (κ3) is 4.80. The summed E-state index contributed by atoms with van der Waals surface area (Å²) in [5.41, 5.74) is 1.39. The maximum absolute atomic E-state index is 12.7. The minimum atomic E-state index is -0.333. The highest BCUT2D eigenvalue weighted by atomic mass is 19.1. The fraction of sp³-hybridized carbons (Fsp3) is 0.188. The molecule has 0 atom stereocenters. The average Bonchev–Trinajstić information content (AvgIpc) is 2.49. The Morgan fingerprint density at radius 3 is 2.29 bits per heavy atom. The summed E-state index contributed by atoms with van der Waals surface area (Å²) < 4.78 is 18.1. The molecule has 0 bridgehead atoms. The fourth-order valence-corrected chi connectivity index (χ4v) is 1.76. The van der Waals surface area contributed by atoms with E-state index in [4.69, 9.17) is 4.74 Å². The molecule has 0 aliphatic heterocycles. The zero-order valence-corrected chi connectivity index (χ0v) is 11.7. The van der Waals surface area contributed by atoms with Crippen molar-refractivity contribution in [2.45, 2.75) is 6.92 Å². The Hall–Kier alpha value is -2.56. The van der Waals surface area contributed by atoms with Crippen LogP contribution in [0.25, 0.3) is 0 Å². The second-order valence-corrected chi connectivity index (χ2v) is 4.37. The van der Waals surface area contributed by atoms with E-state index in [1.54, 1.807) is 0 Å². The van der Waals surface area contributed by atoms with Crippen LogP contribution in [0.4, 0.5) is 15.8 Å². The van der Waals surface area contributed by atoms with E-state index in [1.165, 1.54) is 24.3 Å². The van der Waals surface area contributed by atoms with Crippen LogP contribution in [-0.4, -0.2) is 19.1 Å². The Morgan fingerprint density at radius 1 is 1.05 bits per heavy atom. The van der Waals surface area contributed by atoms with E-state index in [0.717, 1.165) is 11.4 Å². The summed E-state index contributed by atoms with van der Waals surface area (Å²) in [6.45, 7) is 2.67. The number of carbonyl (C=O) groups excluding carboxylic acids is 1. The lowest BCUT2D eigenvalue weighted by atomic mass is 10.3. The van der Waals surface area contributed by atoms with Crippen molar-refractivity contribution in [3.05, 3.63) is 54.3 Å². The van der Waals surface area contributed by atoms with Crippen molar-refractivity contribution < 1.29 is 13.9 Å². The Kier molecular flexibility index (Phi) is 5.15. The quantitative estimate of drug-likeness (QED) is 0.857. The van der Waals surface area contributed by atoms with Gasteiger partial charge in [-0.05, 0) is 55.5 Å². The van der Waals surface area contributed by atoms with Gasteiger partial charge >= 0.3 is 0 Å². The molecule has 21 heavy (non-hydrogen) atoms. The standard InChI is InChI=1S/C16H17FN2O2/c1-2-21-15-9-7-13(8-10-15)18-11-16(20)19-14-5-3-12(17)4-6-14/h3-10,18H,2,11H2,1H3,(H,19,20). The van der Waals surface area contributed by atoms with Gasteiger partial charge in [-0.15, -0.1) is 0 Å². The van der Waals surface area contributed by atoms with Crippen LogP contribution >= 0.6 is 0 Å². The minimum Gasteiger partial charge on any atom is -0.494 e. The van der Waals surface area contributed by atoms with Crippen molar-refractivity contribution in [3.63, 3.8) is 0 Å². The summed E-state index contributed by atoms with van der Waals surface area (Å²) in [7, 11) is 0.